The second kappa shape index (κ2) is 5.63. The number of hydrogen-bond donors (Lipinski definition) is 2. The Balaban J connectivity index is 1.65. The summed E-state index contributed by atoms with van der Waals surface area (Å²) in [7, 11) is 0. The molecule has 0 aliphatic heterocycles. The van der Waals surface area contributed by atoms with Crippen molar-refractivity contribution in [2.75, 3.05) is 25.5 Å². The zero-order valence-electron chi connectivity index (χ0n) is 9.69. The number of nitrogens with zero attached hydrogens (tertiary/aromatic N) is 1. The number of nitrogens with two attached hydrogens (primary N) is 1. The summed E-state index contributed by atoms with van der Waals surface area (Å²) in [6.07, 6.45) is 4.08. The monoisotopic (exact) mass is 235 g/mol. The summed E-state index contributed by atoms with van der Waals surface area (Å²) in [6, 6.07) is 3.19. The predicted octanol–water partition coefficient (Wildman–Crippen LogP) is 0.820. The van der Waals surface area contributed by atoms with Crippen molar-refractivity contribution in [1.29, 1.82) is 0 Å². The number of amides is 1. The standard InChI is InChI=1S/C12H17N3O2/c13-11-7-10(3-4-14-11)12(16)15-5-6-17-8-9-1-2-9/h3-4,7,9H,1-2,5-6,8H2,(H2,13,14)(H,15,16). The van der Waals surface area contributed by atoms with Crippen LogP contribution in [-0.2, 0) is 4.74 Å². The van der Waals surface area contributed by atoms with Gasteiger partial charge in [0.25, 0.3) is 5.91 Å². The number of nitrogens with one attached hydrogen (secondary N) is 1. The lowest BCUT2D eigenvalue weighted by molar-refractivity contribution is 0.0906. The number of rotatable bonds is 6. The highest BCUT2D eigenvalue weighted by molar-refractivity contribution is 5.94. The number of carbonyl (C=O) groups excluding carboxylic acids is 1. The van der Waals surface area contributed by atoms with E-state index >= 15 is 0 Å². The van der Waals surface area contributed by atoms with Crippen molar-refractivity contribution >= 4 is 11.7 Å². The minimum absolute atomic E-state index is 0.144. The maximum atomic E-state index is 11.7. The molecule has 92 valence electrons. The summed E-state index contributed by atoms with van der Waals surface area (Å²) >= 11 is 0. The summed E-state index contributed by atoms with van der Waals surface area (Å²) in [5.41, 5.74) is 6.02. The van der Waals surface area contributed by atoms with Crippen molar-refractivity contribution in [3.8, 4) is 0 Å². The van der Waals surface area contributed by atoms with E-state index in [0.717, 1.165) is 12.5 Å². The third kappa shape index (κ3) is 4.03. The molecule has 0 unspecified atom stereocenters. The van der Waals surface area contributed by atoms with Crippen molar-refractivity contribution < 1.29 is 9.53 Å². The Morgan fingerprint density at radius 3 is 3.12 bits per heavy atom. The fourth-order valence-corrected chi connectivity index (χ4v) is 1.46. The van der Waals surface area contributed by atoms with Gasteiger partial charge in [0.2, 0.25) is 0 Å². The molecule has 3 N–H and O–H groups in total. The zero-order chi connectivity index (χ0) is 12.1. The molecule has 0 aromatic carbocycles. The Labute approximate surface area is 100 Å². The summed E-state index contributed by atoms with van der Waals surface area (Å²) in [6.45, 7) is 1.90. The van der Waals surface area contributed by atoms with Gasteiger partial charge in [-0.15, -0.1) is 0 Å². The number of aromatic nitrogens is 1. The van der Waals surface area contributed by atoms with Gasteiger partial charge in [-0.05, 0) is 30.9 Å². The van der Waals surface area contributed by atoms with E-state index in [1.807, 2.05) is 0 Å². The van der Waals surface area contributed by atoms with Crippen LogP contribution in [0.5, 0.6) is 0 Å². The fraction of sp³-hybridized carbons (Fsp3) is 0.500. The first-order valence-electron chi connectivity index (χ1n) is 5.83. The van der Waals surface area contributed by atoms with E-state index in [0.29, 0.717) is 24.5 Å². The van der Waals surface area contributed by atoms with E-state index in [1.165, 1.54) is 19.0 Å². The molecule has 0 spiro atoms. The van der Waals surface area contributed by atoms with Gasteiger partial charge in [0, 0.05) is 24.9 Å². The quantitative estimate of drug-likeness (QED) is 0.716. The third-order valence-corrected chi connectivity index (χ3v) is 2.63. The first-order valence-corrected chi connectivity index (χ1v) is 5.83. The predicted molar refractivity (Wildman–Crippen MR) is 64.5 cm³/mol. The molecule has 1 saturated carbocycles. The van der Waals surface area contributed by atoms with Gasteiger partial charge in [-0.25, -0.2) is 4.98 Å². The van der Waals surface area contributed by atoms with Gasteiger partial charge in [-0.1, -0.05) is 0 Å². The molecule has 2 rings (SSSR count). The van der Waals surface area contributed by atoms with E-state index in [2.05, 4.69) is 10.3 Å². The van der Waals surface area contributed by atoms with Gasteiger partial charge in [0.15, 0.2) is 0 Å². The number of anilines is 1. The first-order chi connectivity index (χ1) is 8.25. The minimum atomic E-state index is -0.144. The number of ether oxygens (including phenoxy) is 1. The zero-order valence-corrected chi connectivity index (χ0v) is 9.69. The largest absolute Gasteiger partial charge is 0.384 e. The Bertz CT molecular complexity index is 391. The molecule has 5 nitrogen and oxygen atoms in total. The van der Waals surface area contributed by atoms with Crippen LogP contribution in [0.3, 0.4) is 0 Å². The van der Waals surface area contributed by atoms with Crippen LogP contribution in [0.1, 0.15) is 23.2 Å². The van der Waals surface area contributed by atoms with Crippen LogP contribution in [-0.4, -0.2) is 30.6 Å². The van der Waals surface area contributed by atoms with Crippen LogP contribution in [0.2, 0.25) is 0 Å². The Morgan fingerprint density at radius 2 is 2.41 bits per heavy atom. The van der Waals surface area contributed by atoms with E-state index in [1.54, 1.807) is 12.1 Å². The van der Waals surface area contributed by atoms with Gasteiger partial charge in [0.1, 0.15) is 5.82 Å². The van der Waals surface area contributed by atoms with Crippen LogP contribution in [0.15, 0.2) is 18.3 Å². The molecule has 1 fully saturated rings. The van der Waals surface area contributed by atoms with E-state index in [-0.39, 0.29) is 5.91 Å². The molecule has 1 aliphatic rings. The molecule has 1 aromatic heterocycles. The Hall–Kier alpha value is -1.62. The Kier molecular flexibility index (Phi) is 3.93. The molecular weight excluding hydrogens is 218 g/mol. The average molecular weight is 235 g/mol. The number of pyridine rings is 1. The van der Waals surface area contributed by atoms with Crippen molar-refractivity contribution in [3.63, 3.8) is 0 Å². The normalized spacial score (nSPS) is 14.6. The van der Waals surface area contributed by atoms with Crippen molar-refractivity contribution in [1.82, 2.24) is 10.3 Å². The first kappa shape index (κ1) is 11.9. The molecule has 1 amide bonds. The van der Waals surface area contributed by atoms with Crippen LogP contribution in [0.25, 0.3) is 0 Å². The Morgan fingerprint density at radius 1 is 1.59 bits per heavy atom. The fourth-order valence-electron chi connectivity index (χ4n) is 1.46. The molecule has 17 heavy (non-hydrogen) atoms. The minimum Gasteiger partial charge on any atom is -0.384 e. The molecule has 1 heterocycles. The molecule has 1 aromatic rings. The SMILES string of the molecule is Nc1cc(C(=O)NCCOCC2CC2)ccn1. The summed E-state index contributed by atoms with van der Waals surface area (Å²) in [4.78, 5) is 15.5. The smallest absolute Gasteiger partial charge is 0.251 e. The molecule has 0 saturated heterocycles. The van der Waals surface area contributed by atoms with E-state index in [4.69, 9.17) is 10.5 Å². The molecule has 0 bridgehead atoms. The molecule has 5 heteroatoms. The highest BCUT2D eigenvalue weighted by Crippen LogP contribution is 2.28. The molecule has 0 radical (unpaired) electrons. The number of nitrogen functional groups attached to an aromatic ring is 1. The highest BCUT2D eigenvalue weighted by Gasteiger charge is 2.20. The van der Waals surface area contributed by atoms with E-state index < -0.39 is 0 Å². The lowest BCUT2D eigenvalue weighted by Crippen LogP contribution is -2.27. The lowest BCUT2D eigenvalue weighted by atomic mass is 10.2. The van der Waals surface area contributed by atoms with Crippen LogP contribution < -0.4 is 11.1 Å². The second-order valence-corrected chi connectivity index (χ2v) is 4.24. The maximum absolute atomic E-state index is 11.7. The third-order valence-electron chi connectivity index (χ3n) is 2.63. The topological polar surface area (TPSA) is 77.2 Å². The summed E-state index contributed by atoms with van der Waals surface area (Å²) in [5, 5.41) is 2.77. The number of hydrogen-bond acceptors (Lipinski definition) is 4. The van der Waals surface area contributed by atoms with Crippen molar-refractivity contribution in [3.05, 3.63) is 23.9 Å². The molecular formula is C12H17N3O2. The second-order valence-electron chi connectivity index (χ2n) is 4.24. The van der Waals surface area contributed by atoms with Gasteiger partial charge in [0.05, 0.1) is 6.61 Å². The average Bonchev–Trinajstić information content (AvgIpc) is 3.12. The summed E-state index contributed by atoms with van der Waals surface area (Å²) < 4.78 is 5.42. The molecule has 1 aliphatic carbocycles. The van der Waals surface area contributed by atoms with Gasteiger partial charge >= 0.3 is 0 Å². The van der Waals surface area contributed by atoms with Crippen LogP contribution in [0, 0.1) is 5.92 Å². The van der Waals surface area contributed by atoms with Crippen LogP contribution >= 0.6 is 0 Å². The van der Waals surface area contributed by atoms with E-state index in [9.17, 15) is 4.79 Å². The van der Waals surface area contributed by atoms with Gasteiger partial charge < -0.3 is 15.8 Å². The van der Waals surface area contributed by atoms with Gasteiger partial charge in [-0.3, -0.25) is 4.79 Å². The van der Waals surface area contributed by atoms with Crippen molar-refractivity contribution in [2.24, 2.45) is 5.92 Å². The van der Waals surface area contributed by atoms with Gasteiger partial charge in [-0.2, -0.15) is 0 Å². The molecule has 0 atom stereocenters. The highest BCUT2D eigenvalue weighted by atomic mass is 16.5. The van der Waals surface area contributed by atoms with Crippen molar-refractivity contribution in [2.45, 2.75) is 12.8 Å². The van der Waals surface area contributed by atoms with Crippen LogP contribution in [0.4, 0.5) is 5.82 Å². The lowest BCUT2D eigenvalue weighted by Gasteiger charge is -2.06. The number of carbonyl (C=O) groups is 1. The summed E-state index contributed by atoms with van der Waals surface area (Å²) in [5.74, 6) is 0.961. The maximum Gasteiger partial charge on any atom is 0.251 e.